The Morgan fingerprint density at radius 1 is 1.17 bits per heavy atom. The maximum atomic E-state index is 13.0. The van der Waals surface area contributed by atoms with Crippen molar-refractivity contribution in [3.05, 3.63) is 46.3 Å². The number of likely N-dealkylation sites (tertiary alicyclic amines) is 1. The number of aryl methyl sites for hydroxylation is 3. The highest BCUT2D eigenvalue weighted by Gasteiger charge is 2.26. The highest BCUT2D eigenvalue weighted by atomic mass is 16.5. The Morgan fingerprint density at radius 2 is 1.86 bits per heavy atom. The largest absolute Gasteiger partial charge is 0.361 e. The second kappa shape index (κ2) is 8.80. The third-order valence-electron chi connectivity index (χ3n) is 5.70. The minimum absolute atomic E-state index is 0.0367. The molecule has 1 aliphatic rings. The molecule has 0 bridgehead atoms. The van der Waals surface area contributed by atoms with Crippen LogP contribution in [0.2, 0.25) is 0 Å². The molecule has 1 aliphatic heterocycles. The number of anilines is 1. The van der Waals surface area contributed by atoms with Crippen LogP contribution in [0.1, 0.15) is 59.6 Å². The van der Waals surface area contributed by atoms with Crippen molar-refractivity contribution < 1.29 is 14.1 Å². The van der Waals surface area contributed by atoms with Gasteiger partial charge >= 0.3 is 0 Å². The molecule has 0 radical (unpaired) electrons. The van der Waals surface area contributed by atoms with Gasteiger partial charge in [-0.3, -0.25) is 9.59 Å². The number of rotatable bonds is 5. The quantitative estimate of drug-likeness (QED) is 0.817. The van der Waals surface area contributed by atoms with E-state index in [9.17, 15) is 9.59 Å². The van der Waals surface area contributed by atoms with Crippen molar-refractivity contribution in [2.45, 2.75) is 53.9 Å². The Balaban J connectivity index is 1.67. The summed E-state index contributed by atoms with van der Waals surface area (Å²) in [5, 5.41) is 6.90. The van der Waals surface area contributed by atoms with E-state index in [2.05, 4.69) is 24.3 Å². The molecule has 29 heavy (non-hydrogen) atoms. The normalized spacial score (nSPS) is 19.3. The molecule has 6 heteroatoms. The van der Waals surface area contributed by atoms with Gasteiger partial charge in [0.15, 0.2) is 0 Å². The summed E-state index contributed by atoms with van der Waals surface area (Å²) in [7, 11) is 0. The van der Waals surface area contributed by atoms with Crippen molar-refractivity contribution in [1.29, 1.82) is 0 Å². The molecule has 1 N–H and O–H groups in total. The van der Waals surface area contributed by atoms with Gasteiger partial charge in [-0.05, 0) is 63.1 Å². The van der Waals surface area contributed by atoms with E-state index < -0.39 is 0 Å². The molecule has 1 saturated heterocycles. The van der Waals surface area contributed by atoms with E-state index in [0.717, 1.165) is 42.1 Å². The summed E-state index contributed by atoms with van der Waals surface area (Å²) in [6, 6.07) is 5.55. The molecule has 6 nitrogen and oxygen atoms in total. The first kappa shape index (κ1) is 21.1. The number of hydrogen-bond donors (Lipinski definition) is 1. The molecule has 0 aliphatic carbocycles. The van der Waals surface area contributed by atoms with Gasteiger partial charge in [-0.2, -0.15) is 0 Å². The molecule has 2 aromatic rings. The van der Waals surface area contributed by atoms with Gasteiger partial charge < -0.3 is 14.7 Å². The first-order valence-electron chi connectivity index (χ1n) is 10.4. The van der Waals surface area contributed by atoms with Crippen LogP contribution in [0.25, 0.3) is 0 Å². The maximum absolute atomic E-state index is 13.0. The molecular weight excluding hydrogens is 366 g/mol. The smallest absolute Gasteiger partial charge is 0.253 e. The van der Waals surface area contributed by atoms with Crippen LogP contribution in [0.15, 0.2) is 22.7 Å². The lowest BCUT2D eigenvalue weighted by Crippen LogP contribution is -2.42. The maximum Gasteiger partial charge on any atom is 0.253 e. The summed E-state index contributed by atoms with van der Waals surface area (Å²) in [6.45, 7) is 11.6. The average molecular weight is 398 g/mol. The lowest BCUT2D eigenvalue weighted by Gasteiger charge is -2.35. The van der Waals surface area contributed by atoms with E-state index in [0.29, 0.717) is 35.9 Å². The fourth-order valence-electron chi connectivity index (χ4n) is 4.21. The zero-order valence-corrected chi connectivity index (χ0v) is 18.0. The Kier molecular flexibility index (Phi) is 6.40. The standard InChI is InChI=1S/C23H31N3O3/c1-14-10-15(2)13-26(12-14)23(28)19-7-6-16(3)21(11-19)24-22(27)9-8-20-17(4)25-29-18(20)5/h6-7,11,14-15H,8-10,12-13H2,1-5H3,(H,24,27). The number of piperidine rings is 1. The monoisotopic (exact) mass is 397 g/mol. The fraction of sp³-hybridized carbons (Fsp3) is 0.522. The molecule has 2 amide bonds. The Bertz CT molecular complexity index is 873. The predicted molar refractivity (Wildman–Crippen MR) is 113 cm³/mol. The van der Waals surface area contributed by atoms with Crippen LogP contribution in [-0.4, -0.2) is 35.0 Å². The predicted octanol–water partition coefficient (Wildman–Crippen LogP) is 4.29. The van der Waals surface area contributed by atoms with E-state index in [1.807, 2.05) is 37.8 Å². The van der Waals surface area contributed by atoms with Crippen LogP contribution in [0.4, 0.5) is 5.69 Å². The topological polar surface area (TPSA) is 75.4 Å². The minimum Gasteiger partial charge on any atom is -0.361 e. The Hall–Kier alpha value is -2.63. The first-order valence-corrected chi connectivity index (χ1v) is 10.4. The zero-order chi connectivity index (χ0) is 21.1. The second-order valence-electron chi connectivity index (χ2n) is 8.54. The van der Waals surface area contributed by atoms with Gasteiger partial charge in [0, 0.05) is 36.3 Å². The van der Waals surface area contributed by atoms with Crippen molar-refractivity contribution in [3.63, 3.8) is 0 Å². The Morgan fingerprint density at radius 3 is 2.48 bits per heavy atom. The molecule has 3 rings (SSSR count). The SMILES string of the molecule is Cc1ccc(C(=O)N2CC(C)CC(C)C2)cc1NC(=O)CCc1c(C)noc1C. The molecule has 2 heterocycles. The molecular formula is C23H31N3O3. The highest BCUT2D eigenvalue weighted by Crippen LogP contribution is 2.24. The van der Waals surface area contributed by atoms with Gasteiger partial charge in [0.2, 0.25) is 5.91 Å². The van der Waals surface area contributed by atoms with E-state index in [-0.39, 0.29) is 11.8 Å². The van der Waals surface area contributed by atoms with Gasteiger partial charge in [0.05, 0.1) is 5.69 Å². The van der Waals surface area contributed by atoms with Crippen LogP contribution in [0.3, 0.4) is 0 Å². The number of carbonyl (C=O) groups excluding carboxylic acids is 2. The second-order valence-corrected chi connectivity index (χ2v) is 8.54. The molecule has 2 unspecified atom stereocenters. The van der Waals surface area contributed by atoms with Crippen LogP contribution < -0.4 is 5.32 Å². The minimum atomic E-state index is -0.0853. The molecule has 1 aromatic heterocycles. The first-order chi connectivity index (χ1) is 13.7. The molecule has 0 saturated carbocycles. The Labute approximate surface area is 172 Å². The van der Waals surface area contributed by atoms with Crippen LogP contribution >= 0.6 is 0 Å². The van der Waals surface area contributed by atoms with Gasteiger partial charge in [-0.25, -0.2) is 0 Å². The van der Waals surface area contributed by atoms with Crippen molar-refractivity contribution in [2.75, 3.05) is 18.4 Å². The van der Waals surface area contributed by atoms with Gasteiger partial charge in [0.1, 0.15) is 5.76 Å². The summed E-state index contributed by atoms with van der Waals surface area (Å²) in [4.78, 5) is 27.4. The van der Waals surface area contributed by atoms with Crippen molar-refractivity contribution in [1.82, 2.24) is 10.1 Å². The number of nitrogens with one attached hydrogen (secondary N) is 1. The average Bonchev–Trinajstić information content (AvgIpc) is 2.98. The number of aromatic nitrogens is 1. The lowest BCUT2D eigenvalue weighted by atomic mass is 9.91. The molecule has 156 valence electrons. The van der Waals surface area contributed by atoms with Crippen molar-refractivity contribution >= 4 is 17.5 Å². The van der Waals surface area contributed by atoms with Crippen LogP contribution in [-0.2, 0) is 11.2 Å². The van der Waals surface area contributed by atoms with Crippen LogP contribution in [0.5, 0.6) is 0 Å². The van der Waals surface area contributed by atoms with E-state index in [4.69, 9.17) is 4.52 Å². The summed E-state index contributed by atoms with van der Waals surface area (Å²) in [5.74, 6) is 1.73. The molecule has 1 fully saturated rings. The molecule has 2 atom stereocenters. The van der Waals surface area contributed by atoms with Crippen LogP contribution in [0, 0.1) is 32.6 Å². The van der Waals surface area contributed by atoms with E-state index in [1.165, 1.54) is 0 Å². The zero-order valence-electron chi connectivity index (χ0n) is 18.0. The lowest BCUT2D eigenvalue weighted by molar-refractivity contribution is -0.116. The van der Waals surface area contributed by atoms with E-state index in [1.54, 1.807) is 6.07 Å². The number of hydrogen-bond acceptors (Lipinski definition) is 4. The van der Waals surface area contributed by atoms with Crippen molar-refractivity contribution in [2.24, 2.45) is 11.8 Å². The van der Waals surface area contributed by atoms with Crippen molar-refractivity contribution in [3.8, 4) is 0 Å². The summed E-state index contributed by atoms with van der Waals surface area (Å²) >= 11 is 0. The number of carbonyl (C=O) groups is 2. The fourth-order valence-corrected chi connectivity index (χ4v) is 4.21. The third-order valence-corrected chi connectivity index (χ3v) is 5.70. The highest BCUT2D eigenvalue weighted by molar-refractivity contribution is 5.98. The third kappa shape index (κ3) is 5.05. The summed E-state index contributed by atoms with van der Waals surface area (Å²) in [5.41, 5.74) is 4.06. The van der Waals surface area contributed by atoms with Gasteiger partial charge in [0.25, 0.3) is 5.91 Å². The van der Waals surface area contributed by atoms with E-state index >= 15 is 0 Å². The molecule has 1 aromatic carbocycles. The summed E-state index contributed by atoms with van der Waals surface area (Å²) in [6.07, 6.45) is 2.07. The number of nitrogens with zero attached hydrogens (tertiary/aromatic N) is 2. The van der Waals surface area contributed by atoms with Gasteiger partial charge in [-0.1, -0.05) is 25.1 Å². The number of amides is 2. The van der Waals surface area contributed by atoms with Gasteiger partial charge in [-0.15, -0.1) is 0 Å². The number of benzene rings is 1. The summed E-state index contributed by atoms with van der Waals surface area (Å²) < 4.78 is 5.16. The molecule has 0 spiro atoms.